The van der Waals surface area contributed by atoms with Crippen molar-refractivity contribution in [1.29, 1.82) is 0 Å². The van der Waals surface area contributed by atoms with Crippen molar-refractivity contribution in [2.24, 2.45) is 0 Å². The smallest absolute Gasteiger partial charge is 0.150 e. The summed E-state index contributed by atoms with van der Waals surface area (Å²) in [5.41, 5.74) is 14.9. The molecule has 0 aromatic heterocycles. The minimum Gasteiger partial charge on any atom is -0.455 e. The lowest BCUT2D eigenvalue weighted by molar-refractivity contribution is 0.484. The predicted octanol–water partition coefficient (Wildman–Crippen LogP) is 5.64. The Labute approximate surface area is 206 Å². The van der Waals surface area contributed by atoms with E-state index in [-0.39, 0.29) is 11.5 Å². The first-order valence-electron chi connectivity index (χ1n) is 11.3. The largest absolute Gasteiger partial charge is 0.455 e. The van der Waals surface area contributed by atoms with E-state index in [4.69, 9.17) is 20.9 Å². The second kappa shape index (κ2) is 11.0. The van der Waals surface area contributed by atoms with Gasteiger partial charge in [-0.3, -0.25) is 0 Å². The van der Waals surface area contributed by atoms with Crippen LogP contribution in [-0.2, 0) is 22.7 Å². The first-order valence-corrected chi connectivity index (χ1v) is 13.1. The molecule has 0 saturated carbocycles. The van der Waals surface area contributed by atoms with Crippen LogP contribution in [0.5, 0.6) is 23.0 Å². The number of hydrogen-bond acceptors (Lipinski definition) is 6. The van der Waals surface area contributed by atoms with Gasteiger partial charge in [0.25, 0.3) is 0 Å². The van der Waals surface area contributed by atoms with Gasteiger partial charge in [0.1, 0.15) is 23.0 Å². The van der Waals surface area contributed by atoms with Crippen LogP contribution in [-0.4, -0.2) is 19.9 Å². The van der Waals surface area contributed by atoms with Gasteiger partial charge in [-0.25, -0.2) is 8.42 Å². The average molecular weight is 489 g/mol. The van der Waals surface area contributed by atoms with Gasteiger partial charge >= 0.3 is 0 Å². The maximum Gasteiger partial charge on any atom is 0.150 e. The molecule has 4 aromatic carbocycles. The molecule has 4 aromatic rings. The van der Waals surface area contributed by atoms with Gasteiger partial charge in [0.05, 0.1) is 22.9 Å². The number of rotatable bonds is 10. The molecule has 0 bridgehead atoms. The Morgan fingerprint density at radius 2 is 0.971 bits per heavy atom. The SMILES string of the molecule is Nc1cc(CCS(=O)(=O)CCc2ccc(Oc3ccccc3)c(N)c2)ccc1Oc1ccccc1. The van der Waals surface area contributed by atoms with Crippen LogP contribution >= 0.6 is 0 Å². The molecule has 4 rings (SSSR count). The van der Waals surface area contributed by atoms with Crippen LogP contribution in [0.2, 0.25) is 0 Å². The lowest BCUT2D eigenvalue weighted by atomic mass is 10.1. The monoisotopic (exact) mass is 488 g/mol. The Kier molecular flexibility index (Phi) is 7.57. The third-order valence-electron chi connectivity index (χ3n) is 5.49. The highest BCUT2D eigenvalue weighted by atomic mass is 32.2. The van der Waals surface area contributed by atoms with Crippen molar-refractivity contribution < 1.29 is 17.9 Å². The van der Waals surface area contributed by atoms with Crippen LogP contribution in [0.4, 0.5) is 11.4 Å². The zero-order valence-corrected chi connectivity index (χ0v) is 20.1. The molecule has 0 spiro atoms. The van der Waals surface area contributed by atoms with Crippen molar-refractivity contribution in [2.75, 3.05) is 23.0 Å². The van der Waals surface area contributed by atoms with Crippen molar-refractivity contribution in [1.82, 2.24) is 0 Å². The maximum atomic E-state index is 12.7. The molecule has 180 valence electrons. The topological polar surface area (TPSA) is 105 Å². The van der Waals surface area contributed by atoms with Crippen LogP contribution < -0.4 is 20.9 Å². The van der Waals surface area contributed by atoms with Gasteiger partial charge in [-0.2, -0.15) is 0 Å². The van der Waals surface area contributed by atoms with E-state index in [1.165, 1.54) is 0 Å². The Balaban J connectivity index is 1.30. The zero-order chi connectivity index (χ0) is 24.7. The van der Waals surface area contributed by atoms with Crippen LogP contribution in [0.1, 0.15) is 11.1 Å². The number of nitrogens with two attached hydrogens (primary N) is 2. The van der Waals surface area contributed by atoms with Crippen LogP contribution in [0.25, 0.3) is 0 Å². The molecule has 7 heteroatoms. The summed E-state index contributed by atoms with van der Waals surface area (Å²) in [5.74, 6) is 2.54. The fourth-order valence-corrected chi connectivity index (χ4v) is 4.87. The van der Waals surface area contributed by atoms with Gasteiger partial charge in [0.15, 0.2) is 9.84 Å². The third kappa shape index (κ3) is 7.01. The number of benzene rings is 4. The van der Waals surface area contributed by atoms with Gasteiger partial charge in [0, 0.05) is 0 Å². The number of para-hydroxylation sites is 2. The molecule has 0 heterocycles. The van der Waals surface area contributed by atoms with E-state index in [0.717, 1.165) is 11.1 Å². The molecular formula is C28H28N2O4S. The fraction of sp³-hybridized carbons (Fsp3) is 0.143. The average Bonchev–Trinajstić information content (AvgIpc) is 2.86. The molecule has 0 radical (unpaired) electrons. The number of sulfone groups is 1. The molecule has 4 N–H and O–H groups in total. The number of anilines is 2. The van der Waals surface area contributed by atoms with Crippen LogP contribution in [0.3, 0.4) is 0 Å². The normalized spacial score (nSPS) is 11.2. The van der Waals surface area contributed by atoms with E-state index >= 15 is 0 Å². The van der Waals surface area contributed by atoms with Crippen LogP contribution in [0, 0.1) is 0 Å². The molecule has 0 atom stereocenters. The quantitative estimate of drug-likeness (QED) is 0.280. The van der Waals surface area contributed by atoms with Crippen molar-refractivity contribution in [3.63, 3.8) is 0 Å². The highest BCUT2D eigenvalue weighted by Crippen LogP contribution is 2.29. The summed E-state index contributed by atoms with van der Waals surface area (Å²) in [4.78, 5) is 0. The first-order chi connectivity index (χ1) is 16.9. The van der Waals surface area contributed by atoms with Gasteiger partial charge < -0.3 is 20.9 Å². The van der Waals surface area contributed by atoms with Gasteiger partial charge in [0.2, 0.25) is 0 Å². The van der Waals surface area contributed by atoms with Gasteiger partial charge in [-0.05, 0) is 72.5 Å². The molecular weight excluding hydrogens is 460 g/mol. The molecule has 35 heavy (non-hydrogen) atoms. The summed E-state index contributed by atoms with van der Waals surface area (Å²) >= 11 is 0. The summed E-state index contributed by atoms with van der Waals surface area (Å²) in [6.07, 6.45) is 0.758. The molecule has 6 nitrogen and oxygen atoms in total. The van der Waals surface area contributed by atoms with E-state index in [1.807, 2.05) is 72.8 Å². The second-order valence-electron chi connectivity index (χ2n) is 8.23. The van der Waals surface area contributed by atoms with E-state index in [1.54, 1.807) is 24.3 Å². The second-order valence-corrected chi connectivity index (χ2v) is 10.5. The van der Waals surface area contributed by atoms with E-state index < -0.39 is 9.84 Å². The van der Waals surface area contributed by atoms with Gasteiger partial charge in [-0.15, -0.1) is 0 Å². The van der Waals surface area contributed by atoms with Crippen LogP contribution in [0.15, 0.2) is 97.1 Å². The Morgan fingerprint density at radius 3 is 1.34 bits per heavy atom. The summed E-state index contributed by atoms with van der Waals surface area (Å²) in [5, 5.41) is 0. The molecule has 0 aliphatic heterocycles. The molecule has 0 aliphatic rings. The van der Waals surface area contributed by atoms with Crippen molar-refractivity contribution >= 4 is 21.2 Å². The summed E-state index contributed by atoms with van der Waals surface area (Å²) in [6, 6.07) is 29.5. The standard InChI is InChI=1S/C28H28N2O4S/c29-25-19-21(11-13-27(25)33-23-7-3-1-4-8-23)15-17-35(31,32)18-16-22-12-14-28(26(30)20-22)34-24-9-5-2-6-10-24/h1-14,19-20H,15-18,29-30H2. The summed E-state index contributed by atoms with van der Waals surface area (Å²) in [7, 11) is -3.27. The van der Waals surface area contributed by atoms with E-state index in [2.05, 4.69) is 0 Å². The van der Waals surface area contributed by atoms with E-state index in [0.29, 0.717) is 47.2 Å². The number of ether oxygens (including phenoxy) is 2. The maximum absolute atomic E-state index is 12.7. The lowest BCUT2D eigenvalue weighted by Gasteiger charge is -2.11. The fourth-order valence-electron chi connectivity index (χ4n) is 3.57. The van der Waals surface area contributed by atoms with Crippen molar-refractivity contribution in [3.05, 3.63) is 108 Å². The predicted molar refractivity (Wildman–Crippen MR) is 141 cm³/mol. The number of aryl methyl sites for hydroxylation is 2. The minimum absolute atomic E-state index is 0.0377. The van der Waals surface area contributed by atoms with E-state index in [9.17, 15) is 8.42 Å². The summed E-state index contributed by atoms with van der Waals surface area (Å²) < 4.78 is 36.9. The van der Waals surface area contributed by atoms with Crippen molar-refractivity contribution in [3.8, 4) is 23.0 Å². The number of hydrogen-bond donors (Lipinski definition) is 2. The zero-order valence-electron chi connectivity index (χ0n) is 19.3. The third-order valence-corrected chi connectivity index (χ3v) is 7.15. The molecule has 0 fully saturated rings. The Bertz CT molecular complexity index is 1270. The molecule has 0 unspecified atom stereocenters. The minimum atomic E-state index is -3.27. The highest BCUT2D eigenvalue weighted by Gasteiger charge is 2.13. The molecule has 0 amide bonds. The lowest BCUT2D eigenvalue weighted by Crippen LogP contribution is -2.15. The Hall–Kier alpha value is -3.97. The highest BCUT2D eigenvalue weighted by molar-refractivity contribution is 7.91. The van der Waals surface area contributed by atoms with Crippen molar-refractivity contribution in [2.45, 2.75) is 12.8 Å². The first kappa shape index (κ1) is 24.2. The Morgan fingerprint density at radius 1 is 0.571 bits per heavy atom. The number of nitrogen functional groups attached to an aromatic ring is 2. The van der Waals surface area contributed by atoms with Gasteiger partial charge in [-0.1, -0.05) is 48.5 Å². The molecule has 0 aliphatic carbocycles. The molecule has 0 saturated heterocycles. The summed E-state index contributed by atoms with van der Waals surface area (Å²) in [6.45, 7) is 0.